The predicted molar refractivity (Wildman–Crippen MR) is 90.0 cm³/mol. The molecular formula is C17H23N5O2. The van der Waals surface area contributed by atoms with Crippen LogP contribution in [0.2, 0.25) is 0 Å². The van der Waals surface area contributed by atoms with E-state index >= 15 is 0 Å². The number of carbonyl (C=O) groups excluding carboxylic acids is 1. The molecule has 2 fully saturated rings. The van der Waals surface area contributed by atoms with Crippen molar-refractivity contribution in [3.8, 4) is 0 Å². The maximum Gasteiger partial charge on any atom is 0.252 e. The second-order valence-corrected chi connectivity index (χ2v) is 6.51. The van der Waals surface area contributed by atoms with Gasteiger partial charge in [0.15, 0.2) is 5.65 Å². The van der Waals surface area contributed by atoms with Crippen LogP contribution >= 0.6 is 0 Å². The molecule has 2 aliphatic rings. The Balaban J connectivity index is 1.30. The van der Waals surface area contributed by atoms with Crippen molar-refractivity contribution in [1.82, 2.24) is 24.8 Å². The van der Waals surface area contributed by atoms with E-state index in [1.165, 1.54) is 12.8 Å². The molecule has 3 heterocycles. The first kappa shape index (κ1) is 15.5. The minimum Gasteiger partial charge on any atom is -0.379 e. The summed E-state index contributed by atoms with van der Waals surface area (Å²) in [6, 6.07) is 2.38. The van der Waals surface area contributed by atoms with Gasteiger partial charge in [-0.05, 0) is 31.9 Å². The molecule has 7 heteroatoms. The number of aromatic nitrogens is 3. The molecule has 0 unspecified atom stereocenters. The number of nitrogens with one attached hydrogen (secondary N) is 1. The predicted octanol–water partition coefficient (Wildman–Crippen LogP) is 1.22. The van der Waals surface area contributed by atoms with Crippen molar-refractivity contribution in [1.29, 1.82) is 0 Å². The molecule has 0 atom stereocenters. The molecule has 7 nitrogen and oxygen atoms in total. The summed E-state index contributed by atoms with van der Waals surface area (Å²) in [5.74, 6) is -0.0765. The SMILES string of the molecule is O=C(NCCCN1CCOCC1)c1cnc2c(c1)ncn2C1CC1. The Morgan fingerprint density at radius 1 is 1.29 bits per heavy atom. The molecule has 1 saturated heterocycles. The van der Waals surface area contributed by atoms with Crippen LogP contribution in [0.5, 0.6) is 0 Å². The average Bonchev–Trinajstić information content (AvgIpc) is 3.38. The van der Waals surface area contributed by atoms with Gasteiger partial charge < -0.3 is 14.6 Å². The first-order chi connectivity index (χ1) is 11.8. The van der Waals surface area contributed by atoms with Gasteiger partial charge in [0, 0.05) is 31.9 Å². The van der Waals surface area contributed by atoms with E-state index in [4.69, 9.17) is 4.74 Å². The van der Waals surface area contributed by atoms with Crippen molar-refractivity contribution in [3.63, 3.8) is 0 Å². The lowest BCUT2D eigenvalue weighted by molar-refractivity contribution is 0.0374. The molecule has 1 aliphatic carbocycles. The van der Waals surface area contributed by atoms with Gasteiger partial charge >= 0.3 is 0 Å². The fourth-order valence-electron chi connectivity index (χ4n) is 3.09. The highest BCUT2D eigenvalue weighted by atomic mass is 16.5. The molecule has 1 saturated carbocycles. The van der Waals surface area contributed by atoms with Crippen LogP contribution in [0, 0.1) is 0 Å². The van der Waals surface area contributed by atoms with Crippen molar-refractivity contribution in [3.05, 3.63) is 24.2 Å². The van der Waals surface area contributed by atoms with E-state index in [2.05, 4.69) is 24.8 Å². The fraction of sp³-hybridized carbons (Fsp3) is 0.588. The van der Waals surface area contributed by atoms with Crippen molar-refractivity contribution >= 4 is 17.1 Å². The zero-order chi connectivity index (χ0) is 16.4. The third-order valence-corrected chi connectivity index (χ3v) is 4.66. The second-order valence-electron chi connectivity index (χ2n) is 6.51. The highest BCUT2D eigenvalue weighted by Gasteiger charge is 2.25. The number of imidazole rings is 1. The Morgan fingerprint density at radius 3 is 2.92 bits per heavy atom. The van der Waals surface area contributed by atoms with E-state index in [1.54, 1.807) is 6.20 Å². The molecule has 128 valence electrons. The Hall–Kier alpha value is -1.99. The Morgan fingerprint density at radius 2 is 2.12 bits per heavy atom. The van der Waals surface area contributed by atoms with Crippen LogP contribution < -0.4 is 5.32 Å². The number of nitrogens with zero attached hydrogens (tertiary/aromatic N) is 4. The van der Waals surface area contributed by atoms with Gasteiger partial charge in [0.2, 0.25) is 0 Å². The molecule has 1 amide bonds. The van der Waals surface area contributed by atoms with E-state index in [0.717, 1.165) is 50.4 Å². The molecule has 0 spiro atoms. The molecule has 1 aliphatic heterocycles. The van der Waals surface area contributed by atoms with Gasteiger partial charge in [-0.2, -0.15) is 0 Å². The molecule has 24 heavy (non-hydrogen) atoms. The first-order valence-corrected chi connectivity index (χ1v) is 8.72. The zero-order valence-corrected chi connectivity index (χ0v) is 13.8. The largest absolute Gasteiger partial charge is 0.379 e. The summed E-state index contributed by atoms with van der Waals surface area (Å²) >= 11 is 0. The summed E-state index contributed by atoms with van der Waals surface area (Å²) < 4.78 is 7.44. The lowest BCUT2D eigenvalue weighted by Crippen LogP contribution is -2.38. The van der Waals surface area contributed by atoms with E-state index in [-0.39, 0.29) is 5.91 Å². The summed E-state index contributed by atoms with van der Waals surface area (Å²) in [6.07, 6.45) is 6.81. The van der Waals surface area contributed by atoms with E-state index in [9.17, 15) is 4.79 Å². The maximum absolute atomic E-state index is 12.3. The molecule has 0 bridgehead atoms. The molecule has 2 aromatic heterocycles. The number of hydrogen-bond donors (Lipinski definition) is 1. The van der Waals surface area contributed by atoms with Crippen molar-refractivity contribution < 1.29 is 9.53 Å². The third kappa shape index (κ3) is 3.42. The van der Waals surface area contributed by atoms with Crippen LogP contribution in [0.4, 0.5) is 0 Å². The number of fused-ring (bicyclic) bond motifs is 1. The number of hydrogen-bond acceptors (Lipinski definition) is 5. The maximum atomic E-state index is 12.3. The Bertz CT molecular complexity index is 719. The van der Waals surface area contributed by atoms with E-state index < -0.39 is 0 Å². The lowest BCUT2D eigenvalue weighted by Gasteiger charge is -2.26. The zero-order valence-electron chi connectivity index (χ0n) is 13.8. The highest BCUT2D eigenvalue weighted by Crippen LogP contribution is 2.36. The van der Waals surface area contributed by atoms with Gasteiger partial charge in [0.25, 0.3) is 5.91 Å². The quantitative estimate of drug-likeness (QED) is 0.807. The lowest BCUT2D eigenvalue weighted by atomic mass is 10.2. The van der Waals surface area contributed by atoms with Gasteiger partial charge in [0.1, 0.15) is 5.52 Å². The molecule has 0 aromatic carbocycles. The number of carbonyl (C=O) groups is 1. The fourth-order valence-corrected chi connectivity index (χ4v) is 3.09. The molecule has 2 aromatic rings. The third-order valence-electron chi connectivity index (χ3n) is 4.66. The van der Waals surface area contributed by atoms with Crippen LogP contribution in [0.1, 0.15) is 35.7 Å². The normalized spacial score (nSPS) is 18.8. The van der Waals surface area contributed by atoms with Crippen molar-refractivity contribution in [2.45, 2.75) is 25.3 Å². The molecule has 1 N–H and O–H groups in total. The molecule has 0 radical (unpaired) electrons. The highest BCUT2D eigenvalue weighted by molar-refractivity contribution is 5.96. The first-order valence-electron chi connectivity index (χ1n) is 8.72. The van der Waals surface area contributed by atoms with Gasteiger partial charge in [-0.15, -0.1) is 0 Å². The van der Waals surface area contributed by atoms with Crippen LogP contribution in [0.25, 0.3) is 11.2 Å². The van der Waals surface area contributed by atoms with E-state index in [1.807, 2.05) is 12.4 Å². The van der Waals surface area contributed by atoms with Crippen molar-refractivity contribution in [2.24, 2.45) is 0 Å². The van der Waals surface area contributed by atoms with E-state index in [0.29, 0.717) is 18.2 Å². The monoisotopic (exact) mass is 329 g/mol. The van der Waals surface area contributed by atoms with Gasteiger partial charge in [-0.25, -0.2) is 9.97 Å². The number of rotatable bonds is 6. The van der Waals surface area contributed by atoms with Crippen LogP contribution in [-0.2, 0) is 4.74 Å². The summed E-state index contributed by atoms with van der Waals surface area (Å²) in [5, 5.41) is 2.97. The number of amides is 1. The van der Waals surface area contributed by atoms with Crippen molar-refractivity contribution in [2.75, 3.05) is 39.4 Å². The number of ether oxygens (including phenoxy) is 1. The van der Waals surface area contributed by atoms with Crippen LogP contribution in [0.3, 0.4) is 0 Å². The second kappa shape index (κ2) is 6.86. The minimum atomic E-state index is -0.0765. The van der Waals surface area contributed by atoms with Crippen LogP contribution in [0.15, 0.2) is 18.6 Å². The summed E-state index contributed by atoms with van der Waals surface area (Å²) in [6.45, 7) is 5.25. The smallest absolute Gasteiger partial charge is 0.252 e. The molecular weight excluding hydrogens is 306 g/mol. The molecule has 4 rings (SSSR count). The average molecular weight is 329 g/mol. The topological polar surface area (TPSA) is 72.3 Å². The van der Waals surface area contributed by atoms with Gasteiger partial charge in [-0.3, -0.25) is 9.69 Å². The summed E-state index contributed by atoms with van der Waals surface area (Å²) in [7, 11) is 0. The van der Waals surface area contributed by atoms with Gasteiger partial charge in [0.05, 0.1) is 25.1 Å². The summed E-state index contributed by atoms with van der Waals surface area (Å²) in [5.41, 5.74) is 2.25. The minimum absolute atomic E-state index is 0.0765. The van der Waals surface area contributed by atoms with Gasteiger partial charge in [-0.1, -0.05) is 0 Å². The standard InChI is InChI=1S/C17H23N5O2/c23-17(18-4-1-5-21-6-8-24-9-7-21)13-10-15-16(19-11-13)22(12-20-15)14-2-3-14/h10-12,14H,1-9H2,(H,18,23). The number of pyridine rings is 1. The van der Waals surface area contributed by atoms with Crippen LogP contribution in [-0.4, -0.2) is 64.7 Å². The number of morpholine rings is 1. The Labute approximate surface area is 141 Å². The Kier molecular flexibility index (Phi) is 4.44. The summed E-state index contributed by atoms with van der Waals surface area (Å²) in [4.78, 5) is 23.5.